The van der Waals surface area contributed by atoms with Crippen molar-refractivity contribution in [2.75, 3.05) is 13.2 Å². The highest BCUT2D eigenvalue weighted by Gasteiger charge is 2.53. The second-order valence-electron chi connectivity index (χ2n) is 9.98. The van der Waals surface area contributed by atoms with Crippen molar-refractivity contribution in [3.63, 3.8) is 0 Å². The van der Waals surface area contributed by atoms with E-state index >= 15 is 0 Å². The number of esters is 1. The van der Waals surface area contributed by atoms with Crippen LogP contribution >= 0.6 is 0 Å². The molecule has 2 heterocycles. The van der Waals surface area contributed by atoms with Crippen LogP contribution in [0.25, 0.3) is 0 Å². The lowest BCUT2D eigenvalue weighted by molar-refractivity contribution is -0.347. The lowest BCUT2D eigenvalue weighted by Crippen LogP contribution is -2.66. The summed E-state index contributed by atoms with van der Waals surface area (Å²) in [7, 11) is 0. The van der Waals surface area contributed by atoms with Crippen LogP contribution in [-0.2, 0) is 23.7 Å². The number of hydrogen-bond acceptors (Lipinski definition) is 11. The van der Waals surface area contributed by atoms with Gasteiger partial charge in [-0.3, -0.25) is 4.79 Å². The van der Waals surface area contributed by atoms with Crippen LogP contribution in [-0.4, -0.2) is 111 Å². The third kappa shape index (κ3) is 6.16. The zero-order chi connectivity index (χ0) is 24.4. The third-order valence-corrected chi connectivity index (χ3v) is 5.68. The molecule has 0 aromatic rings. The minimum absolute atomic E-state index is 0.0320. The van der Waals surface area contributed by atoms with Crippen molar-refractivity contribution in [2.45, 2.75) is 102 Å². The molecule has 0 amide bonds. The van der Waals surface area contributed by atoms with E-state index in [0.717, 1.165) is 0 Å². The van der Waals surface area contributed by atoms with Gasteiger partial charge >= 0.3 is 5.97 Å². The molecule has 11 nitrogen and oxygen atoms in total. The SMILES string of the molecule is CC(C)CC(=O)OC1C(OC2C(CO)OC(C(C)(C)C)C(O)C2O)OC(CO)C(O)C1O. The van der Waals surface area contributed by atoms with E-state index in [0.29, 0.717) is 0 Å². The molecule has 32 heavy (non-hydrogen) atoms. The van der Waals surface area contributed by atoms with Gasteiger partial charge in [-0.25, -0.2) is 0 Å². The van der Waals surface area contributed by atoms with Gasteiger partial charge in [0, 0.05) is 6.42 Å². The van der Waals surface area contributed by atoms with Crippen molar-refractivity contribution in [2.24, 2.45) is 11.3 Å². The minimum Gasteiger partial charge on any atom is -0.454 e. The van der Waals surface area contributed by atoms with Gasteiger partial charge in [-0.15, -0.1) is 0 Å². The van der Waals surface area contributed by atoms with E-state index in [-0.39, 0.29) is 12.3 Å². The first-order valence-corrected chi connectivity index (χ1v) is 10.9. The standard InChI is InChI=1S/C21H38O11/c1-9(2)6-12(24)31-18-14(26)13(25)10(7-22)30-20(18)32-17-11(8-23)29-19(21(3,4)5)16(28)15(17)27/h9-11,13-20,22-23,25-28H,6-8H2,1-5H3. The van der Waals surface area contributed by atoms with E-state index in [1.54, 1.807) is 34.6 Å². The monoisotopic (exact) mass is 466 g/mol. The number of carbonyl (C=O) groups is 1. The van der Waals surface area contributed by atoms with Gasteiger partial charge in [0.25, 0.3) is 0 Å². The van der Waals surface area contributed by atoms with Crippen LogP contribution < -0.4 is 0 Å². The zero-order valence-corrected chi connectivity index (χ0v) is 19.2. The van der Waals surface area contributed by atoms with Crippen LogP contribution in [0.3, 0.4) is 0 Å². The van der Waals surface area contributed by atoms with E-state index < -0.39 is 85.8 Å². The number of rotatable bonds is 7. The van der Waals surface area contributed by atoms with Crippen LogP contribution in [0.15, 0.2) is 0 Å². The van der Waals surface area contributed by atoms with Gasteiger partial charge in [0.1, 0.15) is 42.7 Å². The van der Waals surface area contributed by atoms with Gasteiger partial charge in [0.2, 0.25) is 0 Å². The Morgan fingerprint density at radius 3 is 1.94 bits per heavy atom. The Hall–Kier alpha value is -0.890. The molecule has 2 aliphatic rings. The summed E-state index contributed by atoms with van der Waals surface area (Å²) in [6, 6.07) is 0. The Balaban J connectivity index is 2.26. The number of carbonyl (C=O) groups excluding carboxylic acids is 1. The summed E-state index contributed by atoms with van der Waals surface area (Å²) in [5, 5.41) is 61.4. The Morgan fingerprint density at radius 1 is 0.875 bits per heavy atom. The van der Waals surface area contributed by atoms with Crippen molar-refractivity contribution in [3.8, 4) is 0 Å². The molecule has 0 aromatic heterocycles. The molecule has 2 rings (SSSR count). The quantitative estimate of drug-likeness (QED) is 0.236. The van der Waals surface area contributed by atoms with Gasteiger partial charge < -0.3 is 49.6 Å². The maximum Gasteiger partial charge on any atom is 0.306 e. The van der Waals surface area contributed by atoms with Crippen LogP contribution in [0, 0.1) is 11.3 Å². The van der Waals surface area contributed by atoms with Gasteiger partial charge in [-0.2, -0.15) is 0 Å². The first-order valence-electron chi connectivity index (χ1n) is 10.9. The summed E-state index contributed by atoms with van der Waals surface area (Å²) in [4.78, 5) is 12.2. The highest BCUT2D eigenvalue weighted by Crippen LogP contribution is 2.36. The van der Waals surface area contributed by atoms with Gasteiger partial charge in [-0.1, -0.05) is 34.6 Å². The zero-order valence-electron chi connectivity index (χ0n) is 19.2. The van der Waals surface area contributed by atoms with Crippen LogP contribution in [0.2, 0.25) is 0 Å². The first kappa shape index (κ1) is 27.4. The van der Waals surface area contributed by atoms with Crippen molar-refractivity contribution >= 4 is 5.97 Å². The minimum atomic E-state index is -1.65. The number of aliphatic hydroxyl groups is 6. The molecule has 2 saturated heterocycles. The summed E-state index contributed by atoms with van der Waals surface area (Å²) >= 11 is 0. The second-order valence-corrected chi connectivity index (χ2v) is 9.98. The van der Waals surface area contributed by atoms with Crippen LogP contribution in [0.1, 0.15) is 41.0 Å². The molecule has 2 aliphatic heterocycles. The normalized spacial score (nSPS) is 41.0. The van der Waals surface area contributed by atoms with E-state index in [9.17, 15) is 35.4 Å². The van der Waals surface area contributed by atoms with Crippen molar-refractivity contribution in [1.29, 1.82) is 0 Å². The number of aliphatic hydroxyl groups excluding tert-OH is 6. The first-order chi connectivity index (χ1) is 14.8. The molecule has 10 atom stereocenters. The van der Waals surface area contributed by atoms with Gasteiger partial charge in [-0.05, 0) is 11.3 Å². The molecule has 0 saturated carbocycles. The molecule has 10 unspecified atom stereocenters. The summed E-state index contributed by atoms with van der Waals surface area (Å²) in [6.07, 6.45) is -13.5. The van der Waals surface area contributed by atoms with E-state index in [1.807, 2.05) is 0 Å². The summed E-state index contributed by atoms with van der Waals surface area (Å²) < 4.78 is 22.4. The summed E-state index contributed by atoms with van der Waals surface area (Å²) in [6.45, 7) is 7.80. The number of ether oxygens (including phenoxy) is 4. The largest absolute Gasteiger partial charge is 0.454 e. The van der Waals surface area contributed by atoms with Crippen LogP contribution in [0.4, 0.5) is 0 Å². The average molecular weight is 467 g/mol. The van der Waals surface area contributed by atoms with E-state index in [2.05, 4.69) is 0 Å². The lowest BCUT2D eigenvalue weighted by atomic mass is 9.80. The Morgan fingerprint density at radius 2 is 1.44 bits per heavy atom. The maximum absolute atomic E-state index is 12.2. The molecule has 0 radical (unpaired) electrons. The highest BCUT2D eigenvalue weighted by atomic mass is 16.7. The smallest absolute Gasteiger partial charge is 0.306 e. The molecule has 0 aliphatic carbocycles. The topological polar surface area (TPSA) is 175 Å². The summed E-state index contributed by atoms with van der Waals surface area (Å²) in [5.74, 6) is -0.696. The maximum atomic E-state index is 12.2. The Bertz CT molecular complexity index is 605. The molecule has 0 spiro atoms. The van der Waals surface area contributed by atoms with Gasteiger partial charge in [0.05, 0.1) is 19.3 Å². The molecular formula is C21H38O11. The fourth-order valence-corrected chi connectivity index (χ4v) is 3.95. The van der Waals surface area contributed by atoms with Gasteiger partial charge in [0.15, 0.2) is 12.4 Å². The number of hydrogen-bond donors (Lipinski definition) is 6. The molecular weight excluding hydrogens is 428 g/mol. The predicted octanol–water partition coefficient (Wildman–Crippen LogP) is -1.70. The highest BCUT2D eigenvalue weighted by molar-refractivity contribution is 5.69. The predicted molar refractivity (Wildman–Crippen MR) is 109 cm³/mol. The Kier molecular flexibility index (Phi) is 9.42. The second kappa shape index (κ2) is 11.0. The lowest BCUT2D eigenvalue weighted by Gasteiger charge is -2.49. The van der Waals surface area contributed by atoms with Crippen molar-refractivity contribution in [3.05, 3.63) is 0 Å². The van der Waals surface area contributed by atoms with Crippen molar-refractivity contribution in [1.82, 2.24) is 0 Å². The fourth-order valence-electron chi connectivity index (χ4n) is 3.95. The third-order valence-electron chi connectivity index (χ3n) is 5.68. The molecule has 2 fully saturated rings. The van der Waals surface area contributed by atoms with E-state index in [1.165, 1.54) is 0 Å². The average Bonchev–Trinajstić information content (AvgIpc) is 2.69. The molecule has 11 heteroatoms. The Labute approximate surface area is 187 Å². The molecule has 188 valence electrons. The molecule has 0 bridgehead atoms. The summed E-state index contributed by atoms with van der Waals surface area (Å²) in [5.41, 5.74) is -0.558. The van der Waals surface area contributed by atoms with Crippen LogP contribution in [0.5, 0.6) is 0 Å². The molecule has 0 aromatic carbocycles. The van der Waals surface area contributed by atoms with Crippen molar-refractivity contribution < 1.29 is 54.4 Å². The molecule has 6 N–H and O–H groups in total. The fraction of sp³-hybridized carbons (Fsp3) is 0.952. The van der Waals surface area contributed by atoms with E-state index in [4.69, 9.17) is 18.9 Å².